The van der Waals surface area contributed by atoms with E-state index in [4.69, 9.17) is 15.9 Å². The van der Waals surface area contributed by atoms with Crippen LogP contribution in [0.3, 0.4) is 0 Å². The van der Waals surface area contributed by atoms with E-state index in [1.54, 1.807) is 36.4 Å². The quantitative estimate of drug-likeness (QED) is 0.470. The number of hydrogen-bond donors (Lipinski definition) is 0. The molecule has 0 saturated carbocycles. The van der Waals surface area contributed by atoms with Gasteiger partial charge in [0.15, 0.2) is 0 Å². The van der Waals surface area contributed by atoms with Gasteiger partial charge in [-0.25, -0.2) is 4.79 Å². The van der Waals surface area contributed by atoms with Crippen LogP contribution in [-0.2, 0) is 0 Å². The number of rotatable bonds is 2. The third kappa shape index (κ3) is 3.63. The largest absolute Gasteiger partial charge is 0.519 e. The molecule has 0 N–H and O–H groups in total. The highest BCUT2D eigenvalue weighted by Gasteiger charge is 2.08. The van der Waals surface area contributed by atoms with Crippen LogP contribution in [0.2, 0.25) is 0 Å². The zero-order valence-electron chi connectivity index (χ0n) is 11.3. The van der Waals surface area contributed by atoms with Gasteiger partial charge in [0.2, 0.25) is 0 Å². The predicted molar refractivity (Wildman–Crippen MR) is 76.9 cm³/mol. The fraction of sp³-hybridized carbons (Fsp3) is 0.118. The fourth-order valence-corrected chi connectivity index (χ4v) is 1.85. The number of hydrogen-bond acceptors (Lipinski definition) is 3. The van der Waals surface area contributed by atoms with Crippen LogP contribution in [0.25, 0.3) is 0 Å². The van der Waals surface area contributed by atoms with Crippen LogP contribution in [0, 0.1) is 26.2 Å². The third-order valence-electron chi connectivity index (χ3n) is 2.60. The molecule has 0 bridgehead atoms. The number of ether oxygens (including phenoxy) is 2. The highest BCUT2D eigenvalue weighted by Crippen LogP contribution is 2.18. The van der Waals surface area contributed by atoms with Crippen LogP contribution in [0.15, 0.2) is 42.5 Å². The van der Waals surface area contributed by atoms with Gasteiger partial charge in [-0.15, -0.1) is 6.42 Å². The van der Waals surface area contributed by atoms with Crippen LogP contribution in [0.4, 0.5) is 4.79 Å². The summed E-state index contributed by atoms with van der Waals surface area (Å²) in [6.45, 7) is 3.86. The molecule has 2 rings (SSSR count). The minimum Gasteiger partial charge on any atom is -0.395 e. The van der Waals surface area contributed by atoms with Gasteiger partial charge in [0.25, 0.3) is 0 Å². The maximum Gasteiger partial charge on any atom is 0.519 e. The molecule has 0 aromatic heterocycles. The summed E-state index contributed by atoms with van der Waals surface area (Å²) in [5.41, 5.74) is 2.67. The van der Waals surface area contributed by atoms with Gasteiger partial charge in [0.05, 0.1) is 0 Å². The second-order valence-electron chi connectivity index (χ2n) is 4.45. The van der Waals surface area contributed by atoms with Crippen molar-refractivity contribution in [1.82, 2.24) is 0 Å². The van der Waals surface area contributed by atoms with Crippen molar-refractivity contribution in [1.29, 1.82) is 0 Å². The lowest BCUT2D eigenvalue weighted by Gasteiger charge is -2.07. The standard InChI is InChI=1S/C17H14O3/c1-4-14-6-5-7-15(11-14)19-17(18)20-16-9-12(2)8-13(3)10-16/h1,5-11H,2-3H3. The van der Waals surface area contributed by atoms with Gasteiger partial charge in [0, 0.05) is 5.56 Å². The smallest absolute Gasteiger partial charge is 0.395 e. The molecule has 0 amide bonds. The van der Waals surface area contributed by atoms with E-state index in [0.717, 1.165) is 11.1 Å². The Kier molecular flexibility index (Phi) is 4.07. The second kappa shape index (κ2) is 5.94. The zero-order valence-corrected chi connectivity index (χ0v) is 11.3. The first-order valence-electron chi connectivity index (χ1n) is 6.11. The van der Waals surface area contributed by atoms with Crippen LogP contribution in [0.5, 0.6) is 11.5 Å². The first-order chi connectivity index (χ1) is 9.56. The number of aryl methyl sites for hydroxylation is 2. The predicted octanol–water partition coefficient (Wildman–Crippen LogP) is 3.86. The Labute approximate surface area is 118 Å². The Hall–Kier alpha value is -2.73. The maximum absolute atomic E-state index is 11.7. The summed E-state index contributed by atoms with van der Waals surface area (Å²) in [4.78, 5) is 11.7. The van der Waals surface area contributed by atoms with Gasteiger partial charge in [-0.1, -0.05) is 18.1 Å². The summed E-state index contributed by atoms with van der Waals surface area (Å²) in [6, 6.07) is 12.2. The molecule has 0 aliphatic heterocycles. The first-order valence-corrected chi connectivity index (χ1v) is 6.11. The minimum atomic E-state index is -0.788. The van der Waals surface area contributed by atoms with Gasteiger partial charge >= 0.3 is 6.16 Å². The molecule has 0 fully saturated rings. The van der Waals surface area contributed by atoms with Crippen molar-refractivity contribution in [2.24, 2.45) is 0 Å². The van der Waals surface area contributed by atoms with E-state index in [1.807, 2.05) is 19.9 Å². The van der Waals surface area contributed by atoms with Crippen LogP contribution in [0.1, 0.15) is 16.7 Å². The Bertz CT molecular complexity index is 661. The van der Waals surface area contributed by atoms with E-state index in [0.29, 0.717) is 17.1 Å². The molecular formula is C17H14O3. The monoisotopic (exact) mass is 266 g/mol. The molecule has 100 valence electrons. The Balaban J connectivity index is 2.07. The van der Waals surface area contributed by atoms with E-state index in [9.17, 15) is 4.79 Å². The lowest BCUT2D eigenvalue weighted by molar-refractivity contribution is 0.152. The van der Waals surface area contributed by atoms with Crippen LogP contribution >= 0.6 is 0 Å². The molecule has 0 heterocycles. The molecule has 0 atom stereocenters. The molecule has 0 radical (unpaired) electrons. The highest BCUT2D eigenvalue weighted by molar-refractivity contribution is 5.67. The highest BCUT2D eigenvalue weighted by atomic mass is 16.7. The van der Waals surface area contributed by atoms with E-state index in [1.165, 1.54) is 0 Å². The Morgan fingerprint density at radius 1 is 1.00 bits per heavy atom. The van der Waals surface area contributed by atoms with E-state index < -0.39 is 6.16 Å². The first kappa shape index (κ1) is 13.7. The summed E-state index contributed by atoms with van der Waals surface area (Å²) in [6.07, 6.45) is 4.50. The van der Waals surface area contributed by atoms with Crippen molar-refractivity contribution >= 4 is 6.16 Å². The molecule has 0 spiro atoms. The fourth-order valence-electron chi connectivity index (χ4n) is 1.85. The molecule has 3 nitrogen and oxygen atoms in total. The van der Waals surface area contributed by atoms with Crippen molar-refractivity contribution in [2.75, 3.05) is 0 Å². The minimum absolute atomic E-state index is 0.356. The lowest BCUT2D eigenvalue weighted by atomic mass is 10.1. The third-order valence-corrected chi connectivity index (χ3v) is 2.60. The normalized spacial score (nSPS) is 9.65. The molecule has 3 heteroatoms. The van der Waals surface area contributed by atoms with Crippen LogP contribution < -0.4 is 9.47 Å². The summed E-state index contributed by atoms with van der Waals surface area (Å²) >= 11 is 0. The van der Waals surface area contributed by atoms with Crippen molar-refractivity contribution in [3.63, 3.8) is 0 Å². The molecule has 20 heavy (non-hydrogen) atoms. The SMILES string of the molecule is C#Cc1cccc(OC(=O)Oc2cc(C)cc(C)c2)c1. The van der Waals surface area contributed by atoms with Gasteiger partial charge in [0.1, 0.15) is 11.5 Å². The zero-order chi connectivity index (χ0) is 14.5. The van der Waals surface area contributed by atoms with Gasteiger partial charge in [-0.3, -0.25) is 0 Å². The van der Waals surface area contributed by atoms with Crippen LogP contribution in [-0.4, -0.2) is 6.16 Å². The van der Waals surface area contributed by atoms with Gasteiger partial charge in [-0.2, -0.15) is 0 Å². The molecule has 2 aromatic rings. The second-order valence-corrected chi connectivity index (χ2v) is 4.45. The van der Waals surface area contributed by atoms with Gasteiger partial charge < -0.3 is 9.47 Å². The van der Waals surface area contributed by atoms with E-state index in [2.05, 4.69) is 5.92 Å². The molecular weight excluding hydrogens is 252 g/mol. The number of benzene rings is 2. The Morgan fingerprint density at radius 2 is 1.65 bits per heavy atom. The van der Waals surface area contributed by atoms with E-state index in [-0.39, 0.29) is 0 Å². The Morgan fingerprint density at radius 3 is 2.30 bits per heavy atom. The average Bonchev–Trinajstić information content (AvgIpc) is 2.37. The summed E-state index contributed by atoms with van der Waals surface area (Å²) in [7, 11) is 0. The summed E-state index contributed by atoms with van der Waals surface area (Å²) in [5, 5.41) is 0. The van der Waals surface area contributed by atoms with Crippen molar-refractivity contribution < 1.29 is 14.3 Å². The topological polar surface area (TPSA) is 35.5 Å². The van der Waals surface area contributed by atoms with Crippen molar-refractivity contribution in [3.05, 3.63) is 59.2 Å². The molecule has 0 unspecified atom stereocenters. The summed E-state index contributed by atoms with van der Waals surface area (Å²) < 4.78 is 10.2. The number of carbonyl (C=O) groups is 1. The van der Waals surface area contributed by atoms with Gasteiger partial charge in [-0.05, 0) is 55.3 Å². The number of carbonyl (C=O) groups excluding carboxylic acids is 1. The molecule has 0 aliphatic rings. The van der Waals surface area contributed by atoms with Crippen molar-refractivity contribution in [2.45, 2.75) is 13.8 Å². The maximum atomic E-state index is 11.7. The van der Waals surface area contributed by atoms with Crippen molar-refractivity contribution in [3.8, 4) is 23.8 Å². The van der Waals surface area contributed by atoms with E-state index >= 15 is 0 Å². The lowest BCUT2D eigenvalue weighted by Crippen LogP contribution is -2.13. The summed E-state index contributed by atoms with van der Waals surface area (Å²) in [5.74, 6) is 3.29. The number of terminal acetylenes is 1. The average molecular weight is 266 g/mol. The molecule has 0 aliphatic carbocycles. The molecule has 2 aromatic carbocycles. The molecule has 0 saturated heterocycles.